The molecule has 1 nitrogen and oxygen atoms in total. The lowest BCUT2D eigenvalue weighted by atomic mass is 10.0. The molecule has 0 saturated heterocycles. The van der Waals surface area contributed by atoms with Gasteiger partial charge in [0, 0.05) is 22.0 Å². The Morgan fingerprint density at radius 3 is 2.80 bits per heavy atom. The minimum atomic E-state index is -0.0948. The number of rotatable bonds is 3. The van der Waals surface area contributed by atoms with Crippen LogP contribution in [0.4, 0.5) is 4.39 Å². The van der Waals surface area contributed by atoms with Crippen molar-refractivity contribution in [2.24, 2.45) is 0 Å². The highest BCUT2D eigenvalue weighted by molar-refractivity contribution is 9.10. The highest BCUT2D eigenvalue weighted by Gasteiger charge is 2.22. The van der Waals surface area contributed by atoms with E-state index in [1.54, 1.807) is 23.9 Å². The summed E-state index contributed by atoms with van der Waals surface area (Å²) in [5, 5.41) is 3.55. The highest BCUT2D eigenvalue weighted by atomic mass is 79.9. The van der Waals surface area contributed by atoms with E-state index in [-0.39, 0.29) is 11.9 Å². The summed E-state index contributed by atoms with van der Waals surface area (Å²) in [5.74, 6) is 0.869. The molecule has 0 amide bonds. The summed E-state index contributed by atoms with van der Waals surface area (Å²) in [4.78, 5) is 0.812. The summed E-state index contributed by atoms with van der Waals surface area (Å²) in [5.41, 5.74) is 2.34. The molecule has 0 aliphatic carbocycles. The number of benzene rings is 2. The lowest BCUT2D eigenvalue weighted by Gasteiger charge is -2.26. The number of thioether (sulfide) groups is 1. The molecule has 104 valence electrons. The Labute approximate surface area is 131 Å². The smallest absolute Gasteiger partial charge is 0.137 e. The molecule has 2 aromatic carbocycles. The molecule has 20 heavy (non-hydrogen) atoms. The summed E-state index contributed by atoms with van der Waals surface area (Å²) < 4.78 is 14.9. The first-order valence-electron chi connectivity index (χ1n) is 6.63. The molecule has 1 unspecified atom stereocenters. The summed E-state index contributed by atoms with van der Waals surface area (Å²) >= 11 is 5.06. The van der Waals surface area contributed by atoms with E-state index in [1.807, 2.05) is 18.2 Å². The Balaban J connectivity index is 1.73. The van der Waals surface area contributed by atoms with Gasteiger partial charge >= 0.3 is 0 Å². The molecule has 3 rings (SSSR count). The van der Waals surface area contributed by atoms with Crippen LogP contribution >= 0.6 is 27.7 Å². The van der Waals surface area contributed by atoms with Crippen molar-refractivity contribution in [1.82, 2.24) is 5.32 Å². The maximum Gasteiger partial charge on any atom is 0.137 e. The summed E-state index contributed by atoms with van der Waals surface area (Å²) in [7, 11) is 0. The largest absolute Gasteiger partial charge is 0.306 e. The Morgan fingerprint density at radius 2 is 2.00 bits per heavy atom. The Bertz CT molecular complexity index is 600. The van der Waals surface area contributed by atoms with Gasteiger partial charge in [0.15, 0.2) is 0 Å². The summed E-state index contributed by atoms with van der Waals surface area (Å²) in [6, 6.07) is 13.9. The van der Waals surface area contributed by atoms with Gasteiger partial charge in [-0.2, -0.15) is 0 Å². The second-order valence-corrected chi connectivity index (χ2v) is 6.88. The predicted octanol–water partition coefficient (Wildman–Crippen LogP) is 4.91. The van der Waals surface area contributed by atoms with Crippen LogP contribution in [0.3, 0.4) is 0 Å². The number of hydrogen-bond acceptors (Lipinski definition) is 2. The van der Waals surface area contributed by atoms with Gasteiger partial charge in [-0.1, -0.05) is 40.2 Å². The van der Waals surface area contributed by atoms with Crippen molar-refractivity contribution in [3.8, 4) is 0 Å². The number of hydrogen-bond donors (Lipinski definition) is 1. The second-order valence-electron chi connectivity index (χ2n) is 4.86. The standard InChI is InChI=1S/C16H15BrFNS/c17-12-6-4-11(5-7-12)10-19-15-8-9-20-16-13(15)2-1-3-14(16)18/h1-7,15,19H,8-10H2. The van der Waals surface area contributed by atoms with E-state index in [0.717, 1.165) is 33.7 Å². The molecular weight excluding hydrogens is 337 g/mol. The third kappa shape index (κ3) is 3.08. The van der Waals surface area contributed by atoms with E-state index in [4.69, 9.17) is 0 Å². The van der Waals surface area contributed by atoms with Crippen molar-refractivity contribution >= 4 is 27.7 Å². The van der Waals surface area contributed by atoms with Gasteiger partial charge in [-0.15, -0.1) is 11.8 Å². The fourth-order valence-electron chi connectivity index (χ4n) is 2.44. The fourth-order valence-corrected chi connectivity index (χ4v) is 3.85. The molecule has 0 bridgehead atoms. The Hall–Kier alpha value is -0.840. The molecule has 1 atom stereocenters. The number of fused-ring (bicyclic) bond motifs is 1. The molecule has 0 aromatic heterocycles. The zero-order valence-electron chi connectivity index (χ0n) is 10.9. The van der Waals surface area contributed by atoms with Gasteiger partial charge in [-0.05, 0) is 41.5 Å². The molecule has 1 N–H and O–H groups in total. The number of nitrogens with one attached hydrogen (secondary N) is 1. The first-order valence-corrected chi connectivity index (χ1v) is 8.41. The van der Waals surface area contributed by atoms with Crippen LogP contribution in [0.1, 0.15) is 23.6 Å². The molecule has 1 aliphatic heterocycles. The lowest BCUT2D eigenvalue weighted by molar-refractivity contribution is 0.496. The van der Waals surface area contributed by atoms with Crippen LogP contribution in [0.5, 0.6) is 0 Å². The normalized spacial score (nSPS) is 17.8. The zero-order valence-corrected chi connectivity index (χ0v) is 13.3. The molecular formula is C16H15BrFNS. The van der Waals surface area contributed by atoms with Crippen LogP contribution < -0.4 is 5.32 Å². The molecule has 0 spiro atoms. The maximum absolute atomic E-state index is 13.8. The van der Waals surface area contributed by atoms with Crippen LogP contribution in [-0.2, 0) is 6.54 Å². The molecule has 0 saturated carbocycles. The Morgan fingerprint density at radius 1 is 1.20 bits per heavy atom. The molecule has 4 heteroatoms. The molecule has 0 radical (unpaired) electrons. The van der Waals surface area contributed by atoms with Crippen molar-refractivity contribution in [2.45, 2.75) is 23.9 Å². The predicted molar refractivity (Wildman–Crippen MR) is 85.5 cm³/mol. The monoisotopic (exact) mass is 351 g/mol. The zero-order chi connectivity index (χ0) is 13.9. The van der Waals surface area contributed by atoms with E-state index in [1.165, 1.54) is 5.56 Å². The average molecular weight is 352 g/mol. The van der Waals surface area contributed by atoms with Gasteiger partial charge in [-0.25, -0.2) is 4.39 Å². The second kappa shape index (κ2) is 6.29. The molecule has 1 aliphatic rings. The van der Waals surface area contributed by atoms with Crippen molar-refractivity contribution in [2.75, 3.05) is 5.75 Å². The van der Waals surface area contributed by atoms with Crippen LogP contribution in [0.25, 0.3) is 0 Å². The molecule has 1 heterocycles. The molecule has 0 fully saturated rings. The third-order valence-corrected chi connectivity index (χ3v) is 5.18. The van der Waals surface area contributed by atoms with Gasteiger partial charge in [0.05, 0.1) is 0 Å². The Kier molecular flexibility index (Phi) is 4.44. The van der Waals surface area contributed by atoms with Crippen LogP contribution in [-0.4, -0.2) is 5.75 Å². The van der Waals surface area contributed by atoms with E-state index >= 15 is 0 Å². The fraction of sp³-hybridized carbons (Fsp3) is 0.250. The lowest BCUT2D eigenvalue weighted by Crippen LogP contribution is -2.24. The van der Waals surface area contributed by atoms with Gasteiger partial charge < -0.3 is 5.32 Å². The van der Waals surface area contributed by atoms with E-state index in [2.05, 4.69) is 33.4 Å². The quantitative estimate of drug-likeness (QED) is 0.842. The van der Waals surface area contributed by atoms with E-state index in [9.17, 15) is 4.39 Å². The van der Waals surface area contributed by atoms with Crippen molar-refractivity contribution in [3.05, 3.63) is 63.9 Å². The van der Waals surface area contributed by atoms with Crippen molar-refractivity contribution < 1.29 is 4.39 Å². The highest BCUT2D eigenvalue weighted by Crippen LogP contribution is 2.37. The van der Waals surface area contributed by atoms with Gasteiger partial charge in [0.25, 0.3) is 0 Å². The van der Waals surface area contributed by atoms with Gasteiger partial charge in [-0.3, -0.25) is 0 Å². The van der Waals surface area contributed by atoms with Gasteiger partial charge in [0.1, 0.15) is 5.82 Å². The first-order chi connectivity index (χ1) is 9.74. The number of halogens is 2. The first kappa shape index (κ1) is 14.1. The minimum Gasteiger partial charge on any atom is -0.306 e. The molecule has 2 aromatic rings. The van der Waals surface area contributed by atoms with E-state index in [0.29, 0.717) is 0 Å². The summed E-state index contributed by atoms with van der Waals surface area (Å²) in [6.07, 6.45) is 1.04. The van der Waals surface area contributed by atoms with E-state index < -0.39 is 0 Å². The van der Waals surface area contributed by atoms with Crippen LogP contribution in [0.2, 0.25) is 0 Å². The third-order valence-electron chi connectivity index (χ3n) is 3.49. The van der Waals surface area contributed by atoms with Crippen LogP contribution in [0, 0.1) is 5.82 Å². The van der Waals surface area contributed by atoms with Crippen LogP contribution in [0.15, 0.2) is 51.8 Å². The summed E-state index contributed by atoms with van der Waals surface area (Å²) in [6.45, 7) is 0.804. The minimum absolute atomic E-state index is 0.0948. The van der Waals surface area contributed by atoms with Gasteiger partial charge in [0.2, 0.25) is 0 Å². The van der Waals surface area contributed by atoms with Crippen molar-refractivity contribution in [3.63, 3.8) is 0 Å². The topological polar surface area (TPSA) is 12.0 Å². The SMILES string of the molecule is Fc1cccc2c1SCCC2NCc1ccc(Br)cc1. The maximum atomic E-state index is 13.8. The van der Waals surface area contributed by atoms with Crippen molar-refractivity contribution in [1.29, 1.82) is 0 Å². The average Bonchev–Trinajstić information content (AvgIpc) is 2.47.